The highest BCUT2D eigenvalue weighted by Gasteiger charge is 2.07. The van der Waals surface area contributed by atoms with Crippen molar-refractivity contribution in [3.8, 4) is 11.5 Å². The number of aliphatic hydroxyl groups excluding tert-OH is 1. The molecule has 106 valence electrons. The van der Waals surface area contributed by atoms with Gasteiger partial charge in [0.05, 0.1) is 20.3 Å². The summed E-state index contributed by atoms with van der Waals surface area (Å²) in [5.41, 5.74) is 0.764. The van der Waals surface area contributed by atoms with E-state index in [9.17, 15) is 4.79 Å². The third-order valence-electron chi connectivity index (χ3n) is 2.70. The van der Waals surface area contributed by atoms with Gasteiger partial charge >= 0.3 is 0 Å². The highest BCUT2D eigenvalue weighted by atomic mass is 16.5. The van der Waals surface area contributed by atoms with E-state index in [1.165, 1.54) is 0 Å². The van der Waals surface area contributed by atoms with E-state index >= 15 is 0 Å². The van der Waals surface area contributed by atoms with Crippen LogP contribution in [0.1, 0.15) is 18.4 Å². The number of nitrogens with zero attached hydrogens (tertiary/aromatic N) is 1. The van der Waals surface area contributed by atoms with Gasteiger partial charge in [-0.2, -0.15) is 0 Å². The second kappa shape index (κ2) is 7.63. The van der Waals surface area contributed by atoms with Crippen molar-refractivity contribution in [3.05, 3.63) is 23.8 Å². The Balaban J connectivity index is 2.50. The van der Waals surface area contributed by atoms with E-state index in [0.29, 0.717) is 30.9 Å². The Morgan fingerprint density at radius 3 is 2.63 bits per heavy atom. The smallest absolute Gasteiger partial charge is 0.222 e. The minimum absolute atomic E-state index is 0.0422. The number of carbonyl (C=O) groups excluding carboxylic acids is 1. The van der Waals surface area contributed by atoms with E-state index in [0.717, 1.165) is 5.56 Å². The molecule has 0 aliphatic carbocycles. The van der Waals surface area contributed by atoms with Crippen molar-refractivity contribution < 1.29 is 19.4 Å². The second-order valence-corrected chi connectivity index (χ2v) is 4.38. The maximum Gasteiger partial charge on any atom is 0.222 e. The van der Waals surface area contributed by atoms with Crippen LogP contribution in [0.15, 0.2) is 18.2 Å². The van der Waals surface area contributed by atoms with Gasteiger partial charge in [0.2, 0.25) is 5.91 Å². The van der Waals surface area contributed by atoms with E-state index in [1.807, 2.05) is 0 Å². The summed E-state index contributed by atoms with van der Waals surface area (Å²) in [7, 11) is 5.03. The molecule has 0 atom stereocenters. The molecule has 0 heterocycles. The Hall–Kier alpha value is -1.75. The molecule has 0 aromatic heterocycles. The number of hydrogen-bond acceptors (Lipinski definition) is 4. The highest BCUT2D eigenvalue weighted by molar-refractivity contribution is 5.75. The van der Waals surface area contributed by atoms with Crippen LogP contribution >= 0.6 is 0 Å². The quantitative estimate of drug-likeness (QED) is 0.759. The predicted octanol–water partition coefficient (Wildman–Crippen LogP) is 1.43. The van der Waals surface area contributed by atoms with Crippen LogP contribution in [0.5, 0.6) is 11.5 Å². The number of methoxy groups -OCH3 is 1. The number of ether oxygens (including phenoxy) is 2. The zero-order valence-electron chi connectivity index (χ0n) is 11.7. The SMILES string of the molecule is COc1ccc(CO)cc1OCCCC(=O)N(C)C. The van der Waals surface area contributed by atoms with Gasteiger partial charge in [-0.3, -0.25) is 4.79 Å². The lowest BCUT2D eigenvalue weighted by Crippen LogP contribution is -2.21. The van der Waals surface area contributed by atoms with Gasteiger partial charge in [-0.15, -0.1) is 0 Å². The number of benzene rings is 1. The fourth-order valence-corrected chi connectivity index (χ4v) is 1.56. The molecular weight excluding hydrogens is 246 g/mol. The molecule has 0 saturated carbocycles. The third kappa shape index (κ3) is 4.79. The number of aliphatic hydroxyl groups is 1. The standard InChI is InChI=1S/C14H21NO4/c1-15(2)14(17)5-4-8-19-13-9-11(10-16)6-7-12(13)18-3/h6-7,9,16H,4-5,8,10H2,1-3H3. The van der Waals surface area contributed by atoms with Crippen molar-refractivity contribution in [3.63, 3.8) is 0 Å². The van der Waals surface area contributed by atoms with Gasteiger partial charge in [-0.05, 0) is 24.1 Å². The lowest BCUT2D eigenvalue weighted by molar-refractivity contribution is -0.128. The number of amides is 1. The number of carbonyl (C=O) groups is 1. The van der Waals surface area contributed by atoms with Crippen LogP contribution in [0.3, 0.4) is 0 Å². The zero-order valence-corrected chi connectivity index (χ0v) is 11.7. The van der Waals surface area contributed by atoms with Crippen molar-refractivity contribution in [2.75, 3.05) is 27.8 Å². The molecule has 0 radical (unpaired) electrons. The van der Waals surface area contributed by atoms with Gasteiger partial charge in [-0.25, -0.2) is 0 Å². The number of rotatable bonds is 7. The molecular formula is C14H21NO4. The summed E-state index contributed by atoms with van der Waals surface area (Å²) in [6, 6.07) is 5.28. The Morgan fingerprint density at radius 1 is 1.32 bits per heavy atom. The van der Waals surface area contributed by atoms with Gasteiger partial charge in [0.1, 0.15) is 0 Å². The third-order valence-corrected chi connectivity index (χ3v) is 2.70. The van der Waals surface area contributed by atoms with Crippen molar-refractivity contribution in [2.24, 2.45) is 0 Å². The van der Waals surface area contributed by atoms with Crippen LogP contribution in [0.25, 0.3) is 0 Å². The van der Waals surface area contributed by atoms with Crippen LogP contribution in [0, 0.1) is 0 Å². The first-order valence-corrected chi connectivity index (χ1v) is 6.19. The van der Waals surface area contributed by atoms with Gasteiger partial charge in [0, 0.05) is 20.5 Å². The molecule has 0 aliphatic heterocycles. The van der Waals surface area contributed by atoms with Gasteiger partial charge < -0.3 is 19.5 Å². The largest absolute Gasteiger partial charge is 0.493 e. The molecule has 0 bridgehead atoms. The summed E-state index contributed by atoms with van der Waals surface area (Å²) in [6.07, 6.45) is 1.10. The Kier molecular flexibility index (Phi) is 6.15. The summed E-state index contributed by atoms with van der Waals surface area (Å²) in [5, 5.41) is 9.08. The molecule has 0 aliphatic rings. The number of hydrogen-bond donors (Lipinski definition) is 1. The monoisotopic (exact) mass is 267 g/mol. The van der Waals surface area contributed by atoms with E-state index in [1.54, 1.807) is 44.3 Å². The minimum atomic E-state index is -0.0422. The highest BCUT2D eigenvalue weighted by Crippen LogP contribution is 2.28. The lowest BCUT2D eigenvalue weighted by atomic mass is 10.2. The summed E-state index contributed by atoms with van der Waals surface area (Å²) in [6.45, 7) is 0.393. The summed E-state index contributed by atoms with van der Waals surface area (Å²) in [5.74, 6) is 1.29. The summed E-state index contributed by atoms with van der Waals surface area (Å²) >= 11 is 0. The fraction of sp³-hybridized carbons (Fsp3) is 0.500. The topological polar surface area (TPSA) is 59.0 Å². The van der Waals surface area contributed by atoms with Crippen LogP contribution in [-0.4, -0.2) is 43.7 Å². The molecule has 19 heavy (non-hydrogen) atoms. The summed E-state index contributed by atoms with van der Waals surface area (Å²) < 4.78 is 10.8. The first-order chi connectivity index (χ1) is 9.08. The van der Waals surface area contributed by atoms with E-state index in [4.69, 9.17) is 14.6 Å². The molecule has 0 fully saturated rings. The molecule has 1 aromatic carbocycles. The van der Waals surface area contributed by atoms with Crippen LogP contribution < -0.4 is 9.47 Å². The molecule has 0 spiro atoms. The molecule has 1 N–H and O–H groups in total. The molecule has 1 aromatic rings. The Bertz CT molecular complexity index is 418. The van der Waals surface area contributed by atoms with Gasteiger partial charge in [0.25, 0.3) is 0 Å². The maximum absolute atomic E-state index is 11.4. The fourth-order valence-electron chi connectivity index (χ4n) is 1.56. The summed E-state index contributed by atoms with van der Waals surface area (Å²) in [4.78, 5) is 13.0. The Morgan fingerprint density at radius 2 is 2.05 bits per heavy atom. The average molecular weight is 267 g/mol. The second-order valence-electron chi connectivity index (χ2n) is 4.38. The van der Waals surface area contributed by atoms with E-state index < -0.39 is 0 Å². The molecule has 1 rings (SSSR count). The molecule has 1 amide bonds. The molecule has 0 saturated heterocycles. The first-order valence-electron chi connectivity index (χ1n) is 6.19. The zero-order chi connectivity index (χ0) is 14.3. The van der Waals surface area contributed by atoms with E-state index in [2.05, 4.69) is 0 Å². The molecule has 5 nitrogen and oxygen atoms in total. The van der Waals surface area contributed by atoms with E-state index in [-0.39, 0.29) is 12.5 Å². The Labute approximate surface area is 113 Å². The lowest BCUT2D eigenvalue weighted by Gasteiger charge is -2.13. The predicted molar refractivity (Wildman–Crippen MR) is 72.3 cm³/mol. The van der Waals surface area contributed by atoms with Crippen LogP contribution in [-0.2, 0) is 11.4 Å². The normalized spacial score (nSPS) is 10.1. The van der Waals surface area contributed by atoms with Gasteiger partial charge in [-0.1, -0.05) is 6.07 Å². The van der Waals surface area contributed by atoms with Gasteiger partial charge in [0.15, 0.2) is 11.5 Å². The van der Waals surface area contributed by atoms with Crippen molar-refractivity contribution in [2.45, 2.75) is 19.4 Å². The minimum Gasteiger partial charge on any atom is -0.493 e. The maximum atomic E-state index is 11.4. The van der Waals surface area contributed by atoms with Crippen LogP contribution in [0.4, 0.5) is 0 Å². The van der Waals surface area contributed by atoms with Crippen molar-refractivity contribution in [1.29, 1.82) is 0 Å². The molecule has 5 heteroatoms. The molecule has 0 unspecified atom stereocenters. The average Bonchev–Trinajstić information content (AvgIpc) is 2.42. The van der Waals surface area contributed by atoms with Crippen LogP contribution in [0.2, 0.25) is 0 Å². The van der Waals surface area contributed by atoms with Crippen molar-refractivity contribution >= 4 is 5.91 Å². The van der Waals surface area contributed by atoms with Crippen molar-refractivity contribution in [1.82, 2.24) is 4.90 Å². The first kappa shape index (κ1) is 15.3.